The van der Waals surface area contributed by atoms with E-state index < -0.39 is 0 Å². The van der Waals surface area contributed by atoms with Gasteiger partial charge in [-0.1, -0.05) is 24.3 Å². The maximum Gasteiger partial charge on any atom is 0.0411 e. The Morgan fingerprint density at radius 3 is 2.94 bits per heavy atom. The summed E-state index contributed by atoms with van der Waals surface area (Å²) in [6, 6.07) is 8.83. The Hall–Kier alpha value is -1.54. The maximum atomic E-state index is 5.64. The first-order valence-electron chi connectivity index (χ1n) is 6.81. The smallest absolute Gasteiger partial charge is 0.0411 e. The number of allylic oxidation sites excluding steroid dienone is 2. The number of rotatable bonds is 3. The highest BCUT2D eigenvalue weighted by atomic mass is 15.2. The number of nitrogens with two attached hydrogens (primary N) is 1. The molecule has 0 fully saturated rings. The van der Waals surface area contributed by atoms with E-state index in [-0.39, 0.29) is 0 Å². The Balaban J connectivity index is 1.87. The third kappa shape index (κ3) is 2.08. The molecule has 94 valence electrons. The Morgan fingerprint density at radius 2 is 2.06 bits per heavy atom. The van der Waals surface area contributed by atoms with Gasteiger partial charge in [0.2, 0.25) is 0 Å². The van der Waals surface area contributed by atoms with E-state index in [1.807, 2.05) is 0 Å². The van der Waals surface area contributed by atoms with Gasteiger partial charge in [0.1, 0.15) is 0 Å². The van der Waals surface area contributed by atoms with E-state index in [4.69, 9.17) is 5.73 Å². The molecule has 0 saturated carbocycles. The Kier molecular flexibility index (Phi) is 3.20. The molecule has 0 atom stereocenters. The summed E-state index contributed by atoms with van der Waals surface area (Å²) in [6.45, 7) is 1.86. The van der Waals surface area contributed by atoms with Crippen LogP contribution in [0.2, 0.25) is 0 Å². The summed E-state index contributed by atoms with van der Waals surface area (Å²) in [4.78, 5) is 2.48. The van der Waals surface area contributed by atoms with Crippen LogP contribution in [0, 0.1) is 0 Å². The number of nitrogens with zero attached hydrogens (tertiary/aromatic N) is 1. The first kappa shape index (κ1) is 11.5. The predicted octanol–water partition coefficient (Wildman–Crippen LogP) is 3.00. The highest BCUT2D eigenvalue weighted by Gasteiger charge is 2.23. The minimum absolute atomic E-state index is 0.722. The fourth-order valence-electron chi connectivity index (χ4n) is 2.94. The molecule has 2 heteroatoms. The Labute approximate surface area is 109 Å². The van der Waals surface area contributed by atoms with Gasteiger partial charge in [-0.3, -0.25) is 0 Å². The lowest BCUT2D eigenvalue weighted by molar-refractivity contribution is 0.934. The van der Waals surface area contributed by atoms with Gasteiger partial charge in [0.15, 0.2) is 0 Å². The molecule has 1 aromatic rings. The van der Waals surface area contributed by atoms with Crippen LogP contribution < -0.4 is 10.6 Å². The zero-order valence-electron chi connectivity index (χ0n) is 10.7. The Bertz CT molecular complexity index is 500. The summed E-state index contributed by atoms with van der Waals surface area (Å²) in [5.74, 6) is 0. The molecule has 0 unspecified atom stereocenters. The van der Waals surface area contributed by atoms with Crippen molar-refractivity contribution in [3.8, 4) is 0 Å². The topological polar surface area (TPSA) is 29.3 Å². The standard InChI is InChI=1S/C16H20N2/c17-10-8-13-4-3-6-15(12-13)18-11-9-14-5-1-2-7-16(14)18/h1-4,6,12H,5,7-11,17H2. The average Bonchev–Trinajstić information content (AvgIpc) is 2.83. The molecule has 1 heterocycles. The third-order valence-electron chi connectivity index (χ3n) is 3.87. The van der Waals surface area contributed by atoms with Gasteiger partial charge < -0.3 is 10.6 Å². The molecule has 0 radical (unpaired) electrons. The fourth-order valence-corrected chi connectivity index (χ4v) is 2.94. The van der Waals surface area contributed by atoms with Crippen molar-refractivity contribution < 1.29 is 0 Å². The quantitative estimate of drug-likeness (QED) is 0.823. The van der Waals surface area contributed by atoms with E-state index in [2.05, 4.69) is 41.3 Å². The van der Waals surface area contributed by atoms with Gasteiger partial charge in [0.05, 0.1) is 0 Å². The van der Waals surface area contributed by atoms with Crippen molar-refractivity contribution in [2.75, 3.05) is 18.0 Å². The molecule has 2 nitrogen and oxygen atoms in total. The molecule has 1 aliphatic carbocycles. The van der Waals surface area contributed by atoms with Gasteiger partial charge in [-0.05, 0) is 49.1 Å². The summed E-state index contributed by atoms with van der Waals surface area (Å²) >= 11 is 0. The first-order chi connectivity index (χ1) is 8.88. The average molecular weight is 240 g/mol. The number of anilines is 1. The molecule has 1 aliphatic heterocycles. The zero-order valence-corrected chi connectivity index (χ0v) is 10.7. The van der Waals surface area contributed by atoms with Crippen molar-refractivity contribution in [3.05, 3.63) is 53.3 Å². The lowest BCUT2D eigenvalue weighted by Gasteiger charge is -2.24. The molecule has 0 bridgehead atoms. The SMILES string of the molecule is NCCc1cccc(N2CCC3=C2CC=CC3)c1. The van der Waals surface area contributed by atoms with Crippen LogP contribution in [0.15, 0.2) is 47.7 Å². The van der Waals surface area contributed by atoms with E-state index in [9.17, 15) is 0 Å². The van der Waals surface area contributed by atoms with Gasteiger partial charge in [-0.25, -0.2) is 0 Å². The van der Waals surface area contributed by atoms with E-state index in [0.717, 1.165) is 32.4 Å². The summed E-state index contributed by atoms with van der Waals surface area (Å²) in [5, 5.41) is 0. The van der Waals surface area contributed by atoms with Crippen molar-refractivity contribution in [2.24, 2.45) is 5.73 Å². The number of hydrogen-bond acceptors (Lipinski definition) is 2. The molecule has 3 rings (SSSR count). The van der Waals surface area contributed by atoms with Crippen LogP contribution in [0.1, 0.15) is 24.8 Å². The minimum Gasteiger partial charge on any atom is -0.344 e. The zero-order chi connectivity index (χ0) is 12.4. The molecule has 2 N–H and O–H groups in total. The lowest BCUT2D eigenvalue weighted by atomic mass is 10.0. The summed E-state index contributed by atoms with van der Waals surface area (Å²) in [6.07, 6.45) is 9.02. The maximum absolute atomic E-state index is 5.64. The van der Waals surface area contributed by atoms with Crippen LogP contribution in [0.25, 0.3) is 0 Å². The van der Waals surface area contributed by atoms with E-state index in [0.29, 0.717) is 0 Å². The number of benzene rings is 1. The van der Waals surface area contributed by atoms with Crippen LogP contribution in [0.5, 0.6) is 0 Å². The summed E-state index contributed by atoms with van der Waals surface area (Å²) < 4.78 is 0. The van der Waals surface area contributed by atoms with Crippen molar-refractivity contribution in [1.29, 1.82) is 0 Å². The highest BCUT2D eigenvalue weighted by Crippen LogP contribution is 2.35. The van der Waals surface area contributed by atoms with Crippen molar-refractivity contribution in [1.82, 2.24) is 0 Å². The van der Waals surface area contributed by atoms with E-state index in [1.165, 1.54) is 23.4 Å². The van der Waals surface area contributed by atoms with Crippen molar-refractivity contribution in [3.63, 3.8) is 0 Å². The normalized spacial score (nSPS) is 18.4. The van der Waals surface area contributed by atoms with Crippen LogP contribution in [-0.4, -0.2) is 13.1 Å². The van der Waals surface area contributed by atoms with Gasteiger partial charge in [0.25, 0.3) is 0 Å². The second kappa shape index (κ2) is 4.99. The molecule has 0 aromatic heterocycles. The van der Waals surface area contributed by atoms with Crippen LogP contribution in [0.3, 0.4) is 0 Å². The molecule has 18 heavy (non-hydrogen) atoms. The van der Waals surface area contributed by atoms with Gasteiger partial charge in [-0.2, -0.15) is 0 Å². The third-order valence-corrected chi connectivity index (χ3v) is 3.87. The molecule has 2 aliphatic rings. The molecule has 1 aromatic carbocycles. The van der Waals surface area contributed by atoms with Crippen LogP contribution >= 0.6 is 0 Å². The van der Waals surface area contributed by atoms with Gasteiger partial charge in [0, 0.05) is 24.4 Å². The fraction of sp³-hybridized carbons (Fsp3) is 0.375. The summed E-state index contributed by atoms with van der Waals surface area (Å²) in [5.41, 5.74) is 11.5. The predicted molar refractivity (Wildman–Crippen MR) is 76.6 cm³/mol. The van der Waals surface area contributed by atoms with Crippen molar-refractivity contribution in [2.45, 2.75) is 25.7 Å². The summed E-state index contributed by atoms with van der Waals surface area (Å²) in [7, 11) is 0. The lowest BCUT2D eigenvalue weighted by Crippen LogP contribution is -2.19. The largest absolute Gasteiger partial charge is 0.344 e. The van der Waals surface area contributed by atoms with Crippen LogP contribution in [0.4, 0.5) is 5.69 Å². The monoisotopic (exact) mass is 240 g/mol. The van der Waals surface area contributed by atoms with Crippen molar-refractivity contribution >= 4 is 5.69 Å². The molecular weight excluding hydrogens is 220 g/mol. The number of hydrogen-bond donors (Lipinski definition) is 1. The second-order valence-corrected chi connectivity index (χ2v) is 5.04. The van der Waals surface area contributed by atoms with E-state index in [1.54, 1.807) is 5.57 Å². The molecule has 0 spiro atoms. The molecule has 0 saturated heterocycles. The molecule has 0 amide bonds. The van der Waals surface area contributed by atoms with E-state index >= 15 is 0 Å². The van der Waals surface area contributed by atoms with Gasteiger partial charge >= 0.3 is 0 Å². The second-order valence-electron chi connectivity index (χ2n) is 5.04. The van der Waals surface area contributed by atoms with Gasteiger partial charge in [-0.15, -0.1) is 0 Å². The molecular formula is C16H20N2. The first-order valence-corrected chi connectivity index (χ1v) is 6.81. The highest BCUT2D eigenvalue weighted by molar-refractivity contribution is 5.58. The minimum atomic E-state index is 0.722. The Morgan fingerprint density at radius 1 is 1.17 bits per heavy atom. The van der Waals surface area contributed by atoms with Crippen LogP contribution in [-0.2, 0) is 6.42 Å².